The lowest BCUT2D eigenvalue weighted by Crippen LogP contribution is -1.89. The molecule has 0 unspecified atom stereocenters. The summed E-state index contributed by atoms with van der Waals surface area (Å²) in [6.45, 7) is 1.97. The van der Waals surface area contributed by atoms with Gasteiger partial charge in [0.15, 0.2) is 0 Å². The quantitative estimate of drug-likeness (QED) is 0.726. The van der Waals surface area contributed by atoms with Crippen molar-refractivity contribution < 1.29 is 0 Å². The minimum Gasteiger partial charge on any atom is -0.192 e. The summed E-state index contributed by atoms with van der Waals surface area (Å²) in [5.41, 5.74) is 4.00. The van der Waals surface area contributed by atoms with E-state index in [1.807, 2.05) is 43.5 Å². The third kappa shape index (κ3) is 2.53. The molecule has 0 radical (unpaired) electrons. The Kier molecular flexibility index (Phi) is 3.96. The predicted molar refractivity (Wildman–Crippen MR) is 78.1 cm³/mol. The van der Waals surface area contributed by atoms with E-state index in [2.05, 4.69) is 12.1 Å². The molecule has 2 aromatic rings. The first-order valence-corrected chi connectivity index (χ1v) is 7.10. The van der Waals surface area contributed by atoms with Crippen LogP contribution in [0.3, 0.4) is 0 Å². The molecule has 0 amide bonds. The van der Waals surface area contributed by atoms with Gasteiger partial charge in [0.25, 0.3) is 0 Å². The molecule has 0 aliphatic carbocycles. The van der Waals surface area contributed by atoms with E-state index < -0.39 is 0 Å². The molecule has 0 N–H and O–H groups in total. The fraction of sp³-hybridized carbons (Fsp3) is 0.133. The lowest BCUT2D eigenvalue weighted by Gasteiger charge is -2.09. The smallest absolute Gasteiger partial charge is 0.101 e. The van der Waals surface area contributed by atoms with Crippen molar-refractivity contribution in [3.8, 4) is 17.2 Å². The Morgan fingerprint density at radius 3 is 2.33 bits per heavy atom. The molecule has 3 heteroatoms. The number of hydrogen-bond donors (Lipinski definition) is 0. The Morgan fingerprint density at radius 1 is 1.11 bits per heavy atom. The summed E-state index contributed by atoms with van der Waals surface area (Å²) < 4.78 is 0. The van der Waals surface area contributed by atoms with Crippen molar-refractivity contribution in [1.82, 2.24) is 0 Å². The zero-order chi connectivity index (χ0) is 13.1. The van der Waals surface area contributed by atoms with Crippen LogP contribution in [0.2, 0.25) is 5.02 Å². The Bertz CT molecular complexity index is 612. The first-order chi connectivity index (χ1) is 8.65. The van der Waals surface area contributed by atoms with Crippen LogP contribution in [0.15, 0.2) is 41.3 Å². The number of hydrogen-bond acceptors (Lipinski definition) is 2. The highest BCUT2D eigenvalue weighted by Gasteiger charge is 2.08. The van der Waals surface area contributed by atoms with E-state index in [9.17, 15) is 0 Å². The molecule has 1 nitrogen and oxygen atoms in total. The van der Waals surface area contributed by atoms with Gasteiger partial charge in [-0.3, -0.25) is 0 Å². The van der Waals surface area contributed by atoms with Gasteiger partial charge in [-0.25, -0.2) is 0 Å². The first kappa shape index (κ1) is 13.0. The molecule has 0 fully saturated rings. The van der Waals surface area contributed by atoms with Crippen molar-refractivity contribution in [2.75, 3.05) is 6.26 Å². The molecule has 0 heterocycles. The normalized spacial score (nSPS) is 10.1. The Hall–Kier alpha value is -1.43. The second-order valence-electron chi connectivity index (χ2n) is 3.99. The topological polar surface area (TPSA) is 23.8 Å². The first-order valence-electron chi connectivity index (χ1n) is 5.50. The maximum Gasteiger partial charge on any atom is 0.101 e. The van der Waals surface area contributed by atoms with Crippen LogP contribution in [0.25, 0.3) is 11.1 Å². The Morgan fingerprint density at radius 2 is 1.78 bits per heavy atom. The fourth-order valence-electron chi connectivity index (χ4n) is 1.87. The van der Waals surface area contributed by atoms with Crippen LogP contribution in [-0.2, 0) is 0 Å². The zero-order valence-corrected chi connectivity index (χ0v) is 11.8. The highest BCUT2D eigenvalue weighted by Crippen LogP contribution is 2.30. The van der Waals surface area contributed by atoms with E-state index >= 15 is 0 Å². The van der Waals surface area contributed by atoms with Gasteiger partial charge >= 0.3 is 0 Å². The average molecular weight is 274 g/mol. The minimum absolute atomic E-state index is 0.731. The van der Waals surface area contributed by atoms with Crippen molar-refractivity contribution in [2.24, 2.45) is 0 Å². The van der Waals surface area contributed by atoms with E-state index in [4.69, 9.17) is 16.9 Å². The van der Waals surface area contributed by atoms with Crippen molar-refractivity contribution in [3.63, 3.8) is 0 Å². The molecule has 0 bridgehead atoms. The summed E-state index contributed by atoms with van der Waals surface area (Å²) in [5, 5.41) is 9.88. The standard InChI is InChI=1S/C15H12ClNS/c1-10-7-12(8-15(18-2)14(10)9-17)11-3-5-13(16)6-4-11/h3-8H,1-2H3. The predicted octanol–water partition coefficient (Wildman–Crippen LogP) is 4.91. The molecule has 0 saturated carbocycles. The van der Waals surface area contributed by atoms with Crippen LogP contribution in [0.4, 0.5) is 0 Å². The summed E-state index contributed by atoms with van der Waals surface area (Å²) in [7, 11) is 0. The molecule has 0 aliphatic rings. The highest BCUT2D eigenvalue weighted by atomic mass is 35.5. The van der Waals surface area contributed by atoms with Crippen LogP contribution in [0.5, 0.6) is 0 Å². The van der Waals surface area contributed by atoms with Gasteiger partial charge in [0.05, 0.1) is 5.56 Å². The zero-order valence-electron chi connectivity index (χ0n) is 10.2. The molecule has 2 rings (SSSR count). The van der Waals surface area contributed by atoms with Gasteiger partial charge in [0.1, 0.15) is 6.07 Å². The van der Waals surface area contributed by atoms with Crippen molar-refractivity contribution in [1.29, 1.82) is 5.26 Å². The maximum absolute atomic E-state index is 9.15. The Labute approximate surface area is 116 Å². The lowest BCUT2D eigenvalue weighted by molar-refractivity contribution is 1.29. The van der Waals surface area contributed by atoms with Gasteiger partial charge in [-0.2, -0.15) is 5.26 Å². The third-order valence-electron chi connectivity index (χ3n) is 2.81. The van der Waals surface area contributed by atoms with Crippen LogP contribution in [0, 0.1) is 18.3 Å². The van der Waals surface area contributed by atoms with Crippen molar-refractivity contribution >= 4 is 23.4 Å². The summed E-state index contributed by atoms with van der Waals surface area (Å²) in [4.78, 5) is 1.02. The maximum atomic E-state index is 9.15. The van der Waals surface area contributed by atoms with Gasteiger partial charge in [0, 0.05) is 9.92 Å². The number of aryl methyl sites for hydroxylation is 1. The van der Waals surface area contributed by atoms with Crippen LogP contribution >= 0.6 is 23.4 Å². The average Bonchev–Trinajstić information content (AvgIpc) is 2.38. The molecule has 90 valence electrons. The molecular formula is C15H12ClNS. The van der Waals surface area contributed by atoms with Gasteiger partial charge < -0.3 is 0 Å². The van der Waals surface area contributed by atoms with Gasteiger partial charge in [-0.05, 0) is 48.1 Å². The summed E-state index contributed by atoms with van der Waals surface area (Å²) in [5.74, 6) is 0. The third-order valence-corrected chi connectivity index (χ3v) is 3.82. The Balaban J connectivity index is 2.56. The number of rotatable bonds is 2. The molecular weight excluding hydrogens is 262 g/mol. The van der Waals surface area contributed by atoms with Gasteiger partial charge in [-0.15, -0.1) is 11.8 Å². The van der Waals surface area contributed by atoms with Crippen molar-refractivity contribution in [3.05, 3.63) is 52.5 Å². The van der Waals surface area contributed by atoms with Crippen LogP contribution < -0.4 is 0 Å². The van der Waals surface area contributed by atoms with E-state index in [-0.39, 0.29) is 0 Å². The largest absolute Gasteiger partial charge is 0.192 e. The van der Waals surface area contributed by atoms with Gasteiger partial charge in [-0.1, -0.05) is 29.8 Å². The highest BCUT2D eigenvalue weighted by molar-refractivity contribution is 7.98. The number of thioether (sulfide) groups is 1. The molecule has 0 spiro atoms. The molecule has 2 aromatic carbocycles. The van der Waals surface area contributed by atoms with E-state index in [0.717, 1.165) is 32.2 Å². The fourth-order valence-corrected chi connectivity index (χ4v) is 2.65. The molecule has 0 aliphatic heterocycles. The minimum atomic E-state index is 0.731. The number of nitriles is 1. The SMILES string of the molecule is CSc1cc(-c2ccc(Cl)cc2)cc(C)c1C#N. The van der Waals surface area contributed by atoms with E-state index in [1.165, 1.54) is 0 Å². The monoisotopic (exact) mass is 273 g/mol. The molecule has 0 saturated heterocycles. The van der Waals surface area contributed by atoms with E-state index in [0.29, 0.717) is 0 Å². The van der Waals surface area contributed by atoms with E-state index in [1.54, 1.807) is 11.8 Å². The second kappa shape index (κ2) is 5.48. The summed E-state index contributed by atoms with van der Waals surface area (Å²) >= 11 is 7.49. The molecule has 0 atom stereocenters. The number of halogens is 1. The summed E-state index contributed by atoms with van der Waals surface area (Å²) in [6, 6.07) is 14.1. The van der Waals surface area contributed by atoms with Crippen molar-refractivity contribution in [2.45, 2.75) is 11.8 Å². The van der Waals surface area contributed by atoms with Crippen LogP contribution in [-0.4, -0.2) is 6.26 Å². The molecule has 18 heavy (non-hydrogen) atoms. The van der Waals surface area contributed by atoms with Crippen LogP contribution in [0.1, 0.15) is 11.1 Å². The lowest BCUT2D eigenvalue weighted by atomic mass is 10.0. The molecule has 0 aromatic heterocycles. The second-order valence-corrected chi connectivity index (χ2v) is 5.27. The number of nitrogens with zero attached hydrogens (tertiary/aromatic N) is 1. The van der Waals surface area contributed by atoms with Gasteiger partial charge in [0.2, 0.25) is 0 Å². The number of benzene rings is 2. The summed E-state index contributed by atoms with van der Waals surface area (Å²) in [6.07, 6.45) is 1.99.